The predicted molar refractivity (Wildman–Crippen MR) is 105 cm³/mol. The zero-order valence-electron chi connectivity index (χ0n) is 15.3. The second-order valence-electron chi connectivity index (χ2n) is 7.05. The summed E-state index contributed by atoms with van der Waals surface area (Å²) in [6, 6.07) is 0. The van der Waals surface area contributed by atoms with E-state index in [1.807, 2.05) is 0 Å². The van der Waals surface area contributed by atoms with E-state index in [1.54, 1.807) is 0 Å². The van der Waals surface area contributed by atoms with Crippen molar-refractivity contribution < 1.29 is 4.43 Å². The highest BCUT2D eigenvalue weighted by Crippen LogP contribution is 2.25. The molecular weight excluding hydrogens is 331 g/mol. The van der Waals surface area contributed by atoms with Gasteiger partial charge in [0, 0.05) is 6.10 Å². The summed E-state index contributed by atoms with van der Waals surface area (Å²) in [6.45, 7) is 8.74. The Kier molecular flexibility index (Phi) is 14.6. The average molecular weight is 369 g/mol. The van der Waals surface area contributed by atoms with E-state index in [2.05, 4.69) is 26.9 Å². The van der Waals surface area contributed by atoms with Crippen molar-refractivity contribution in [1.82, 2.24) is 0 Å². The first-order valence-corrected chi connectivity index (χ1v) is 13.3. The number of rotatable bonds is 15. The molecule has 1 nitrogen and oxygen atoms in total. The highest BCUT2D eigenvalue weighted by Gasteiger charge is 2.33. The molecule has 0 N–H and O–H groups in total. The van der Waals surface area contributed by atoms with Gasteiger partial charge >= 0.3 is 0 Å². The molecule has 0 amide bonds. The minimum absolute atomic E-state index is 0.338. The molecule has 1 atom stereocenters. The Labute approximate surface area is 150 Å². The lowest BCUT2D eigenvalue weighted by Crippen LogP contribution is -2.42. The quantitative estimate of drug-likeness (QED) is 0.164. The van der Waals surface area contributed by atoms with Crippen molar-refractivity contribution in [2.75, 3.05) is 0 Å². The first-order valence-electron chi connectivity index (χ1n) is 9.40. The maximum atomic E-state index is 6.29. The van der Waals surface area contributed by atoms with Gasteiger partial charge in [0.05, 0.1) is 0 Å². The van der Waals surface area contributed by atoms with Crippen molar-refractivity contribution in [3.63, 3.8) is 0 Å². The van der Waals surface area contributed by atoms with Gasteiger partial charge in [0.1, 0.15) is 4.46 Å². The van der Waals surface area contributed by atoms with E-state index in [9.17, 15) is 0 Å². The van der Waals surface area contributed by atoms with Crippen LogP contribution in [0.4, 0.5) is 0 Å². The molecule has 1 unspecified atom stereocenters. The maximum Gasteiger partial charge on any atom is 0.220 e. The predicted octanol–water partition coefficient (Wildman–Crippen LogP) is 7.64. The first-order chi connectivity index (χ1) is 10.4. The highest BCUT2D eigenvalue weighted by atomic mass is 35.5. The molecule has 0 spiro atoms. The molecule has 0 aromatic rings. The normalized spacial score (nSPS) is 13.8. The summed E-state index contributed by atoms with van der Waals surface area (Å²) in [6.07, 6.45) is 16.2. The minimum atomic E-state index is -1.94. The molecule has 22 heavy (non-hydrogen) atoms. The van der Waals surface area contributed by atoms with Crippen LogP contribution in [0.3, 0.4) is 0 Å². The molecule has 0 fully saturated rings. The summed E-state index contributed by atoms with van der Waals surface area (Å²) in [5, 5.41) is 0. The van der Waals surface area contributed by atoms with Gasteiger partial charge < -0.3 is 4.43 Å². The summed E-state index contributed by atoms with van der Waals surface area (Å²) < 4.78 is 5.95. The van der Waals surface area contributed by atoms with Crippen molar-refractivity contribution in [2.45, 2.75) is 115 Å². The largest absolute Gasteiger partial charge is 0.412 e. The molecule has 0 bridgehead atoms. The number of hydrogen-bond acceptors (Lipinski definition) is 1. The van der Waals surface area contributed by atoms with Gasteiger partial charge in [0.2, 0.25) is 8.32 Å². The molecule has 0 aromatic carbocycles. The molecule has 0 radical (unpaired) electrons. The third-order valence-electron chi connectivity index (χ3n) is 4.24. The Morgan fingerprint density at radius 2 is 1.23 bits per heavy atom. The van der Waals surface area contributed by atoms with Gasteiger partial charge in [-0.2, -0.15) is 0 Å². The van der Waals surface area contributed by atoms with E-state index in [0.717, 1.165) is 6.42 Å². The molecule has 0 heterocycles. The van der Waals surface area contributed by atoms with Gasteiger partial charge in [0.15, 0.2) is 0 Å². The second-order valence-corrected chi connectivity index (χ2v) is 12.9. The molecule has 0 aliphatic carbocycles. The third kappa shape index (κ3) is 12.2. The van der Waals surface area contributed by atoms with Crippen LogP contribution in [0.25, 0.3) is 0 Å². The van der Waals surface area contributed by atoms with Crippen LogP contribution in [0, 0.1) is 0 Å². The summed E-state index contributed by atoms with van der Waals surface area (Å²) in [5.41, 5.74) is 0. The maximum absolute atomic E-state index is 6.29. The Balaban J connectivity index is 3.74. The van der Waals surface area contributed by atoms with Crippen molar-refractivity contribution in [3.05, 3.63) is 0 Å². The first kappa shape index (κ1) is 22.8. The fourth-order valence-electron chi connectivity index (χ4n) is 2.75. The highest BCUT2D eigenvalue weighted by molar-refractivity contribution is 6.88. The van der Waals surface area contributed by atoms with E-state index < -0.39 is 8.32 Å². The van der Waals surface area contributed by atoms with E-state index in [4.69, 9.17) is 27.6 Å². The van der Waals surface area contributed by atoms with Crippen LogP contribution in [0.2, 0.25) is 13.1 Å². The van der Waals surface area contributed by atoms with Crippen LogP contribution in [-0.4, -0.2) is 18.9 Å². The number of hydrogen-bond donors (Lipinski definition) is 0. The standard InChI is InChI=1S/C18H38Cl2OSi/c1-5-7-8-9-10-11-12-13-14-16-17(15-6-2)21-22(3,4)18(19)20/h17-18H,5-16H2,1-4H3. The van der Waals surface area contributed by atoms with E-state index in [-0.39, 0.29) is 4.46 Å². The van der Waals surface area contributed by atoms with Crippen molar-refractivity contribution in [1.29, 1.82) is 0 Å². The lowest BCUT2D eigenvalue weighted by atomic mass is 10.0. The fourth-order valence-corrected chi connectivity index (χ4v) is 4.25. The van der Waals surface area contributed by atoms with Gasteiger partial charge in [-0.25, -0.2) is 0 Å². The van der Waals surface area contributed by atoms with Gasteiger partial charge in [0.25, 0.3) is 0 Å². The zero-order valence-corrected chi connectivity index (χ0v) is 17.8. The second kappa shape index (κ2) is 14.1. The van der Waals surface area contributed by atoms with Crippen LogP contribution < -0.4 is 0 Å². The fraction of sp³-hybridized carbons (Fsp3) is 1.00. The summed E-state index contributed by atoms with van der Waals surface area (Å²) >= 11 is 12.1. The van der Waals surface area contributed by atoms with E-state index >= 15 is 0 Å². The molecule has 0 aliphatic rings. The van der Waals surface area contributed by atoms with E-state index in [0.29, 0.717) is 6.10 Å². The average Bonchev–Trinajstić information content (AvgIpc) is 2.45. The molecule has 0 saturated heterocycles. The van der Waals surface area contributed by atoms with Crippen LogP contribution in [0.1, 0.15) is 90.9 Å². The summed E-state index contributed by atoms with van der Waals surface area (Å²) in [7, 11) is -1.94. The Morgan fingerprint density at radius 1 is 0.727 bits per heavy atom. The Bertz CT molecular complexity index is 247. The van der Waals surface area contributed by atoms with Crippen molar-refractivity contribution in [3.8, 4) is 0 Å². The van der Waals surface area contributed by atoms with E-state index in [1.165, 1.54) is 70.6 Å². The van der Waals surface area contributed by atoms with Crippen LogP contribution in [0.5, 0.6) is 0 Å². The SMILES string of the molecule is CCCCCCCCCCCC(CCC)O[Si](C)(C)C(Cl)Cl. The molecule has 0 aliphatic heterocycles. The topological polar surface area (TPSA) is 9.23 Å². The Morgan fingerprint density at radius 3 is 1.68 bits per heavy atom. The lowest BCUT2D eigenvalue weighted by Gasteiger charge is -2.30. The van der Waals surface area contributed by atoms with Gasteiger partial charge in [-0.1, -0.05) is 78.1 Å². The molecule has 134 valence electrons. The molecular formula is C18H38Cl2OSi. The van der Waals surface area contributed by atoms with Crippen LogP contribution in [0.15, 0.2) is 0 Å². The molecule has 4 heteroatoms. The summed E-state index contributed by atoms with van der Waals surface area (Å²) in [4.78, 5) is 0. The third-order valence-corrected chi connectivity index (χ3v) is 9.38. The molecule has 0 aromatic heterocycles. The lowest BCUT2D eigenvalue weighted by molar-refractivity contribution is 0.167. The molecule has 0 saturated carbocycles. The number of halogens is 2. The minimum Gasteiger partial charge on any atom is -0.412 e. The monoisotopic (exact) mass is 368 g/mol. The summed E-state index contributed by atoms with van der Waals surface area (Å²) in [5.74, 6) is 0. The molecule has 0 rings (SSSR count). The number of alkyl halides is 2. The van der Waals surface area contributed by atoms with Crippen molar-refractivity contribution >= 4 is 31.5 Å². The van der Waals surface area contributed by atoms with Crippen LogP contribution in [-0.2, 0) is 4.43 Å². The zero-order chi connectivity index (χ0) is 16.8. The smallest absolute Gasteiger partial charge is 0.220 e. The van der Waals surface area contributed by atoms with Crippen molar-refractivity contribution in [2.24, 2.45) is 0 Å². The van der Waals surface area contributed by atoms with Gasteiger partial charge in [-0.3, -0.25) is 0 Å². The Hall–Kier alpha value is 0.757. The number of unbranched alkanes of at least 4 members (excludes halogenated alkanes) is 8. The van der Waals surface area contributed by atoms with Gasteiger partial charge in [-0.15, -0.1) is 23.2 Å². The van der Waals surface area contributed by atoms with Crippen LogP contribution >= 0.6 is 23.2 Å². The van der Waals surface area contributed by atoms with Gasteiger partial charge in [-0.05, 0) is 25.9 Å².